The monoisotopic (exact) mass is 317 g/mol. The molecular formula is C19H27NO3. The molecule has 1 aliphatic carbocycles. The molecule has 1 aromatic rings. The first kappa shape index (κ1) is 17.4. The lowest BCUT2D eigenvalue weighted by Crippen LogP contribution is -2.37. The smallest absolute Gasteiger partial charge is 0.224 e. The fourth-order valence-electron chi connectivity index (χ4n) is 3.01. The quantitative estimate of drug-likeness (QED) is 0.786. The van der Waals surface area contributed by atoms with Gasteiger partial charge in [-0.25, -0.2) is 0 Å². The number of amides is 1. The highest BCUT2D eigenvalue weighted by Gasteiger charge is 2.19. The predicted molar refractivity (Wildman–Crippen MR) is 91.8 cm³/mol. The van der Waals surface area contributed by atoms with Gasteiger partial charge in [-0.1, -0.05) is 37.1 Å². The number of carbonyl (C=O) groups is 1. The average molecular weight is 317 g/mol. The van der Waals surface area contributed by atoms with Gasteiger partial charge in [-0.2, -0.15) is 0 Å². The van der Waals surface area contributed by atoms with Crippen LogP contribution in [0.3, 0.4) is 0 Å². The Hall–Kier alpha value is -1.97. The molecule has 4 nitrogen and oxygen atoms in total. The van der Waals surface area contributed by atoms with Crippen LogP contribution in [0.25, 0.3) is 0 Å². The Labute approximate surface area is 138 Å². The van der Waals surface area contributed by atoms with Gasteiger partial charge in [-0.05, 0) is 38.2 Å². The molecule has 1 amide bonds. The highest BCUT2D eigenvalue weighted by Crippen LogP contribution is 2.30. The molecule has 1 aliphatic rings. The Bertz CT molecular complexity index is 556. The van der Waals surface area contributed by atoms with Crippen LogP contribution in [0.4, 0.5) is 0 Å². The Morgan fingerprint density at radius 2 is 2.13 bits per heavy atom. The van der Waals surface area contributed by atoms with Crippen molar-refractivity contribution in [1.82, 2.24) is 5.32 Å². The zero-order chi connectivity index (χ0) is 16.7. The standard InChI is InChI=1S/C19H27NO3/c1-3-4-6-14-9-11-16(12-10-14)20-18(21)13-15-7-5-8-17(23-2)19(15)22/h5-8,16,22H,3-4,9-13H2,1-2H3,(H,20,21). The number of para-hydroxylation sites is 1. The number of aromatic hydroxyl groups is 1. The van der Waals surface area contributed by atoms with Crippen molar-refractivity contribution < 1.29 is 14.6 Å². The summed E-state index contributed by atoms with van der Waals surface area (Å²) in [6.45, 7) is 2.19. The minimum atomic E-state index is -0.0421. The third-order valence-electron chi connectivity index (χ3n) is 4.37. The van der Waals surface area contributed by atoms with Gasteiger partial charge in [0.15, 0.2) is 11.5 Å². The molecule has 0 aromatic heterocycles. The number of ether oxygens (including phenoxy) is 1. The van der Waals surface area contributed by atoms with E-state index in [4.69, 9.17) is 4.74 Å². The fraction of sp³-hybridized carbons (Fsp3) is 0.526. The van der Waals surface area contributed by atoms with Crippen molar-refractivity contribution in [2.24, 2.45) is 0 Å². The van der Waals surface area contributed by atoms with E-state index in [1.54, 1.807) is 18.2 Å². The van der Waals surface area contributed by atoms with Crippen molar-refractivity contribution in [3.05, 3.63) is 35.4 Å². The highest BCUT2D eigenvalue weighted by molar-refractivity contribution is 5.80. The second-order valence-corrected chi connectivity index (χ2v) is 6.14. The Morgan fingerprint density at radius 3 is 2.78 bits per heavy atom. The maximum atomic E-state index is 12.2. The SMILES string of the molecule is CCCC=C1CCC(NC(=O)Cc2cccc(OC)c2O)CC1. The molecule has 0 atom stereocenters. The van der Waals surface area contributed by atoms with Gasteiger partial charge in [0.05, 0.1) is 13.5 Å². The lowest BCUT2D eigenvalue weighted by atomic mass is 9.90. The zero-order valence-corrected chi connectivity index (χ0v) is 14.1. The number of phenols is 1. The van der Waals surface area contributed by atoms with E-state index in [1.165, 1.54) is 19.1 Å². The topological polar surface area (TPSA) is 58.6 Å². The van der Waals surface area contributed by atoms with Crippen LogP contribution in [0.15, 0.2) is 29.8 Å². The predicted octanol–water partition coefficient (Wildman–Crippen LogP) is 3.73. The third kappa shape index (κ3) is 5.02. The zero-order valence-electron chi connectivity index (χ0n) is 14.1. The van der Waals surface area contributed by atoms with Gasteiger partial charge in [-0.3, -0.25) is 4.79 Å². The largest absolute Gasteiger partial charge is 0.504 e. The number of nitrogens with one attached hydrogen (secondary N) is 1. The maximum absolute atomic E-state index is 12.2. The molecule has 1 fully saturated rings. The molecule has 1 aromatic carbocycles. The molecular weight excluding hydrogens is 290 g/mol. The number of carbonyl (C=O) groups excluding carboxylic acids is 1. The number of rotatable bonds is 6. The van der Waals surface area contributed by atoms with Crippen LogP contribution in [0, 0.1) is 0 Å². The summed E-state index contributed by atoms with van der Waals surface area (Å²) in [7, 11) is 1.50. The van der Waals surface area contributed by atoms with Crippen LogP contribution in [0.2, 0.25) is 0 Å². The lowest BCUT2D eigenvalue weighted by molar-refractivity contribution is -0.121. The third-order valence-corrected chi connectivity index (χ3v) is 4.37. The van der Waals surface area contributed by atoms with Gasteiger partial charge in [0.1, 0.15) is 0 Å². The summed E-state index contributed by atoms with van der Waals surface area (Å²) in [6.07, 6.45) is 9.04. The van der Waals surface area contributed by atoms with Crippen molar-refractivity contribution in [2.45, 2.75) is 57.9 Å². The van der Waals surface area contributed by atoms with Gasteiger partial charge in [-0.15, -0.1) is 0 Å². The minimum Gasteiger partial charge on any atom is -0.504 e. The van der Waals surface area contributed by atoms with Crippen LogP contribution >= 0.6 is 0 Å². The molecule has 4 heteroatoms. The van der Waals surface area contributed by atoms with Gasteiger partial charge < -0.3 is 15.2 Å². The molecule has 126 valence electrons. The van der Waals surface area contributed by atoms with E-state index in [9.17, 15) is 9.90 Å². The molecule has 0 spiro atoms. The average Bonchev–Trinajstić information content (AvgIpc) is 2.56. The van der Waals surface area contributed by atoms with E-state index >= 15 is 0 Å². The number of phenolic OH excluding ortho intramolecular Hbond substituents is 1. The van der Waals surface area contributed by atoms with E-state index in [0.717, 1.165) is 32.1 Å². The Balaban J connectivity index is 1.84. The molecule has 0 heterocycles. The first-order chi connectivity index (χ1) is 11.1. The minimum absolute atomic E-state index is 0.0421. The lowest BCUT2D eigenvalue weighted by Gasteiger charge is -2.25. The first-order valence-corrected chi connectivity index (χ1v) is 8.46. The molecule has 0 bridgehead atoms. The summed E-state index contributed by atoms with van der Waals surface area (Å²) in [4.78, 5) is 12.2. The molecule has 0 aliphatic heterocycles. The molecule has 1 saturated carbocycles. The summed E-state index contributed by atoms with van der Waals surface area (Å²) in [6, 6.07) is 5.47. The van der Waals surface area contributed by atoms with E-state index < -0.39 is 0 Å². The fourth-order valence-corrected chi connectivity index (χ4v) is 3.01. The summed E-state index contributed by atoms with van der Waals surface area (Å²) < 4.78 is 5.07. The number of hydrogen-bond donors (Lipinski definition) is 2. The van der Waals surface area contributed by atoms with Crippen LogP contribution in [0.1, 0.15) is 51.0 Å². The second kappa shape index (κ2) is 8.61. The van der Waals surface area contributed by atoms with Crippen molar-refractivity contribution in [3.8, 4) is 11.5 Å². The maximum Gasteiger partial charge on any atom is 0.224 e. The molecule has 0 unspecified atom stereocenters. The number of methoxy groups -OCH3 is 1. The van der Waals surface area contributed by atoms with Crippen molar-refractivity contribution in [3.63, 3.8) is 0 Å². The highest BCUT2D eigenvalue weighted by atomic mass is 16.5. The summed E-state index contributed by atoms with van der Waals surface area (Å²) in [5.41, 5.74) is 2.13. The Kier molecular flexibility index (Phi) is 6.51. The molecule has 2 N–H and O–H groups in total. The first-order valence-electron chi connectivity index (χ1n) is 8.46. The molecule has 0 radical (unpaired) electrons. The van der Waals surface area contributed by atoms with Gasteiger partial charge in [0.25, 0.3) is 0 Å². The van der Waals surface area contributed by atoms with Crippen molar-refractivity contribution in [1.29, 1.82) is 0 Å². The number of hydrogen-bond acceptors (Lipinski definition) is 3. The molecule has 23 heavy (non-hydrogen) atoms. The molecule has 2 rings (SSSR count). The number of unbranched alkanes of at least 4 members (excludes halogenated alkanes) is 1. The van der Waals surface area contributed by atoms with Crippen molar-refractivity contribution in [2.75, 3.05) is 7.11 Å². The van der Waals surface area contributed by atoms with Crippen molar-refractivity contribution >= 4 is 5.91 Å². The summed E-state index contributed by atoms with van der Waals surface area (Å²) in [5.74, 6) is 0.414. The van der Waals surface area contributed by atoms with E-state index in [0.29, 0.717) is 11.3 Å². The van der Waals surface area contributed by atoms with E-state index in [-0.39, 0.29) is 24.1 Å². The summed E-state index contributed by atoms with van der Waals surface area (Å²) >= 11 is 0. The van der Waals surface area contributed by atoms with E-state index in [1.807, 2.05) is 0 Å². The van der Waals surface area contributed by atoms with Crippen LogP contribution in [0.5, 0.6) is 11.5 Å². The molecule has 0 saturated heterocycles. The van der Waals surface area contributed by atoms with Crippen LogP contribution in [-0.4, -0.2) is 24.2 Å². The normalized spacial score (nSPS) is 17.7. The second-order valence-electron chi connectivity index (χ2n) is 6.14. The van der Waals surface area contributed by atoms with Gasteiger partial charge in [0, 0.05) is 11.6 Å². The number of allylic oxidation sites excluding steroid dienone is 2. The van der Waals surface area contributed by atoms with Crippen LogP contribution < -0.4 is 10.1 Å². The summed E-state index contributed by atoms with van der Waals surface area (Å²) in [5, 5.41) is 13.1. The van der Waals surface area contributed by atoms with Gasteiger partial charge >= 0.3 is 0 Å². The van der Waals surface area contributed by atoms with Gasteiger partial charge in [0.2, 0.25) is 5.91 Å². The number of benzene rings is 1. The Morgan fingerprint density at radius 1 is 1.39 bits per heavy atom. The van der Waals surface area contributed by atoms with Crippen LogP contribution in [-0.2, 0) is 11.2 Å². The van der Waals surface area contributed by atoms with E-state index in [2.05, 4.69) is 18.3 Å².